The first-order valence-electron chi connectivity index (χ1n) is 10.5. The van der Waals surface area contributed by atoms with Gasteiger partial charge in [0.1, 0.15) is 5.52 Å². The van der Waals surface area contributed by atoms with E-state index in [2.05, 4.69) is 15.3 Å². The number of hydrogen-bond acceptors (Lipinski definition) is 6. The first-order valence-corrected chi connectivity index (χ1v) is 10.5. The molecule has 34 heavy (non-hydrogen) atoms. The van der Waals surface area contributed by atoms with E-state index in [0.717, 1.165) is 4.57 Å². The largest absolute Gasteiger partial charge is 0.493 e. The average Bonchev–Trinajstić information content (AvgIpc) is 3.23. The van der Waals surface area contributed by atoms with E-state index in [1.807, 2.05) is 0 Å². The Morgan fingerprint density at radius 3 is 2.29 bits per heavy atom. The summed E-state index contributed by atoms with van der Waals surface area (Å²) in [5.74, 6) is 0.192. The number of halogens is 3. The van der Waals surface area contributed by atoms with E-state index in [9.17, 15) is 18.0 Å². The van der Waals surface area contributed by atoms with Crippen LogP contribution in [0.3, 0.4) is 0 Å². The van der Waals surface area contributed by atoms with Crippen LogP contribution in [-0.2, 0) is 6.18 Å². The van der Waals surface area contributed by atoms with E-state index < -0.39 is 18.0 Å². The van der Waals surface area contributed by atoms with Crippen LogP contribution >= 0.6 is 0 Å². The molecule has 1 fully saturated rings. The molecule has 0 saturated carbocycles. The highest BCUT2D eigenvalue weighted by atomic mass is 19.4. The Bertz CT molecular complexity index is 1160. The number of piperidine rings is 1. The summed E-state index contributed by atoms with van der Waals surface area (Å²) in [5.41, 5.74) is 0.818. The number of nitrogens with zero attached hydrogens (tertiary/aromatic N) is 4. The first kappa shape index (κ1) is 23.5. The summed E-state index contributed by atoms with van der Waals surface area (Å²) < 4.78 is 58.0. The van der Waals surface area contributed by atoms with Crippen LogP contribution in [0.1, 0.15) is 24.7 Å². The van der Waals surface area contributed by atoms with Gasteiger partial charge in [0.25, 0.3) is 0 Å². The van der Waals surface area contributed by atoms with E-state index >= 15 is 0 Å². The Morgan fingerprint density at radius 1 is 1.09 bits per heavy atom. The Morgan fingerprint density at radius 2 is 1.74 bits per heavy atom. The highest BCUT2D eigenvalue weighted by Gasteiger charge is 2.40. The van der Waals surface area contributed by atoms with Crippen LogP contribution < -0.4 is 19.5 Å². The van der Waals surface area contributed by atoms with Crippen LogP contribution in [0.25, 0.3) is 11.2 Å². The van der Waals surface area contributed by atoms with Crippen LogP contribution in [0.2, 0.25) is 0 Å². The van der Waals surface area contributed by atoms with Crippen LogP contribution in [0, 0.1) is 0 Å². The predicted molar refractivity (Wildman–Crippen MR) is 117 cm³/mol. The summed E-state index contributed by atoms with van der Waals surface area (Å²) >= 11 is 0. The number of urea groups is 1. The number of rotatable bonds is 5. The quantitative estimate of drug-likeness (QED) is 0.585. The molecular formula is C22H24F3N5O4. The number of anilines is 1. The van der Waals surface area contributed by atoms with E-state index in [0.29, 0.717) is 35.8 Å². The topological polar surface area (TPSA) is 90.7 Å². The second-order valence-electron chi connectivity index (χ2n) is 7.71. The maximum atomic E-state index is 13.7. The number of likely N-dealkylation sites (tertiary alicyclic amines) is 1. The molecule has 3 aromatic rings. The van der Waals surface area contributed by atoms with E-state index in [1.165, 1.54) is 33.6 Å². The molecule has 1 aliphatic heterocycles. The van der Waals surface area contributed by atoms with Gasteiger partial charge in [0.2, 0.25) is 11.6 Å². The van der Waals surface area contributed by atoms with E-state index in [-0.39, 0.29) is 30.3 Å². The van der Waals surface area contributed by atoms with Crippen LogP contribution in [-0.4, -0.2) is 59.9 Å². The number of alkyl halides is 3. The van der Waals surface area contributed by atoms with Gasteiger partial charge in [-0.2, -0.15) is 13.2 Å². The number of hydrogen-bond donors (Lipinski definition) is 1. The van der Waals surface area contributed by atoms with Crippen LogP contribution in [0.5, 0.6) is 17.2 Å². The normalized spacial score (nSPS) is 14.8. The number of fused-ring (bicyclic) bond motifs is 1. The van der Waals surface area contributed by atoms with Gasteiger partial charge in [-0.15, -0.1) is 0 Å². The van der Waals surface area contributed by atoms with Crippen molar-refractivity contribution in [1.29, 1.82) is 0 Å². The van der Waals surface area contributed by atoms with Crippen molar-refractivity contribution >= 4 is 22.9 Å². The van der Waals surface area contributed by atoms with Gasteiger partial charge in [0.15, 0.2) is 17.1 Å². The lowest BCUT2D eigenvalue weighted by molar-refractivity contribution is -0.147. The monoisotopic (exact) mass is 479 g/mol. The van der Waals surface area contributed by atoms with Crippen LogP contribution in [0.15, 0.2) is 30.5 Å². The molecule has 1 N–H and O–H groups in total. The Kier molecular flexibility index (Phi) is 6.40. The molecule has 182 valence electrons. The lowest BCUT2D eigenvalue weighted by atomic mass is 10.0. The highest BCUT2D eigenvalue weighted by molar-refractivity contribution is 5.90. The van der Waals surface area contributed by atoms with Crippen molar-refractivity contribution in [2.75, 3.05) is 39.7 Å². The van der Waals surface area contributed by atoms with Gasteiger partial charge in [-0.3, -0.25) is 0 Å². The minimum absolute atomic E-state index is 0.190. The number of carbonyl (C=O) groups is 1. The molecule has 1 aromatic carbocycles. The number of benzene rings is 1. The van der Waals surface area contributed by atoms with Crippen molar-refractivity contribution in [3.8, 4) is 17.2 Å². The number of ether oxygens (including phenoxy) is 3. The van der Waals surface area contributed by atoms with Gasteiger partial charge < -0.3 is 29.0 Å². The molecule has 1 aliphatic rings. The summed E-state index contributed by atoms with van der Waals surface area (Å²) in [6, 6.07) is 5.40. The maximum absolute atomic E-state index is 13.7. The lowest BCUT2D eigenvalue weighted by Crippen LogP contribution is -2.42. The summed E-state index contributed by atoms with van der Waals surface area (Å²) in [7, 11) is 4.42. The summed E-state index contributed by atoms with van der Waals surface area (Å²) in [6.45, 7) is 0.537. The average molecular weight is 479 g/mol. The van der Waals surface area contributed by atoms with Gasteiger partial charge >= 0.3 is 12.2 Å². The molecule has 12 heteroatoms. The number of carbonyl (C=O) groups excluding carboxylic acids is 1. The molecule has 2 aromatic heterocycles. The second kappa shape index (κ2) is 9.27. The summed E-state index contributed by atoms with van der Waals surface area (Å²) in [6.07, 6.45) is -2.51. The molecule has 4 rings (SSSR count). The Balaban J connectivity index is 1.50. The molecule has 0 unspecified atom stereocenters. The fraction of sp³-hybridized carbons (Fsp3) is 0.409. The lowest BCUT2D eigenvalue weighted by Gasteiger charge is -2.33. The summed E-state index contributed by atoms with van der Waals surface area (Å²) in [5, 5.41) is 2.79. The molecule has 0 aliphatic carbocycles. The molecule has 0 atom stereocenters. The van der Waals surface area contributed by atoms with Crippen molar-refractivity contribution in [3.63, 3.8) is 0 Å². The third-order valence-corrected chi connectivity index (χ3v) is 5.74. The smallest absolute Gasteiger partial charge is 0.449 e. The number of aromatic nitrogens is 3. The van der Waals surface area contributed by atoms with Gasteiger partial charge in [0.05, 0.1) is 27.0 Å². The molecule has 0 spiro atoms. The molecule has 3 heterocycles. The standard InChI is InChI=1S/C22H24F3N5O4/c1-32-16-11-13(12-17(33-2)18(16)34-3)27-21(31)29-9-6-14(7-10-29)30-19-15(5-4-8-26-19)28-20(30)22(23,24)25/h4-5,8,11-12,14H,6-7,9-10H2,1-3H3,(H,27,31). The van der Waals surface area contributed by atoms with Crippen molar-refractivity contribution in [2.24, 2.45) is 0 Å². The van der Waals surface area contributed by atoms with E-state index in [4.69, 9.17) is 14.2 Å². The van der Waals surface area contributed by atoms with Gasteiger partial charge in [-0.05, 0) is 25.0 Å². The number of amides is 2. The zero-order valence-electron chi connectivity index (χ0n) is 18.8. The third kappa shape index (κ3) is 4.39. The van der Waals surface area contributed by atoms with Crippen LogP contribution in [0.4, 0.5) is 23.7 Å². The number of nitrogens with one attached hydrogen (secondary N) is 1. The molecule has 1 saturated heterocycles. The predicted octanol–water partition coefficient (Wildman–Crippen LogP) is 4.34. The van der Waals surface area contributed by atoms with Crippen molar-refractivity contribution < 1.29 is 32.2 Å². The Hall–Kier alpha value is -3.70. The third-order valence-electron chi connectivity index (χ3n) is 5.74. The maximum Gasteiger partial charge on any atom is 0.449 e. The second-order valence-corrected chi connectivity index (χ2v) is 7.71. The SMILES string of the molecule is COc1cc(NC(=O)N2CCC(n3c(C(F)(F)F)nc4cccnc43)CC2)cc(OC)c1OC. The fourth-order valence-electron chi connectivity index (χ4n) is 4.16. The highest BCUT2D eigenvalue weighted by Crippen LogP contribution is 2.40. The molecule has 9 nitrogen and oxygen atoms in total. The van der Waals surface area contributed by atoms with Crippen molar-refractivity contribution in [2.45, 2.75) is 25.1 Å². The van der Waals surface area contributed by atoms with Gasteiger partial charge in [-0.1, -0.05) is 0 Å². The minimum Gasteiger partial charge on any atom is -0.493 e. The number of methoxy groups -OCH3 is 3. The molecular weight excluding hydrogens is 455 g/mol. The van der Waals surface area contributed by atoms with Crippen molar-refractivity contribution in [3.05, 3.63) is 36.3 Å². The van der Waals surface area contributed by atoms with Gasteiger partial charge in [0, 0.05) is 37.5 Å². The zero-order chi connectivity index (χ0) is 24.5. The number of pyridine rings is 1. The number of imidazole rings is 1. The summed E-state index contributed by atoms with van der Waals surface area (Å²) in [4.78, 5) is 22.3. The Labute approximate surface area is 193 Å². The zero-order valence-corrected chi connectivity index (χ0v) is 18.8. The fourth-order valence-corrected chi connectivity index (χ4v) is 4.16. The molecule has 2 amide bonds. The van der Waals surface area contributed by atoms with Crippen molar-refractivity contribution in [1.82, 2.24) is 19.4 Å². The first-order chi connectivity index (χ1) is 16.3. The minimum atomic E-state index is -4.61. The molecule has 0 bridgehead atoms. The van der Waals surface area contributed by atoms with Gasteiger partial charge in [-0.25, -0.2) is 14.8 Å². The molecule has 0 radical (unpaired) electrons. The van der Waals surface area contributed by atoms with E-state index in [1.54, 1.807) is 23.1 Å².